The van der Waals surface area contributed by atoms with Gasteiger partial charge in [-0.1, -0.05) is 77.5 Å². The van der Waals surface area contributed by atoms with Crippen molar-refractivity contribution in [3.05, 3.63) is 101 Å². The molecule has 1 unspecified atom stereocenters. The van der Waals surface area contributed by atoms with Crippen molar-refractivity contribution in [1.29, 1.82) is 0 Å². The molecule has 2 N–H and O–H groups in total. The number of rotatable bonds is 6. The van der Waals surface area contributed by atoms with E-state index in [0.29, 0.717) is 10.2 Å². The van der Waals surface area contributed by atoms with Gasteiger partial charge in [-0.25, -0.2) is 0 Å². The second-order valence-corrected chi connectivity index (χ2v) is 8.91. The van der Waals surface area contributed by atoms with Crippen molar-refractivity contribution < 1.29 is 9.84 Å². The van der Waals surface area contributed by atoms with Crippen molar-refractivity contribution in [2.75, 3.05) is 12.4 Å². The summed E-state index contributed by atoms with van der Waals surface area (Å²) in [5.41, 5.74) is 2.64. The van der Waals surface area contributed by atoms with Crippen LogP contribution in [0.1, 0.15) is 17.2 Å². The van der Waals surface area contributed by atoms with Crippen LogP contribution in [-0.2, 0) is 0 Å². The number of aromatic hydroxyl groups is 1. The van der Waals surface area contributed by atoms with E-state index in [2.05, 4.69) is 15.5 Å². The fourth-order valence-corrected chi connectivity index (χ4v) is 4.81. The second-order valence-electron chi connectivity index (χ2n) is 7.49. The van der Waals surface area contributed by atoms with Crippen molar-refractivity contribution in [2.45, 2.75) is 6.04 Å². The summed E-state index contributed by atoms with van der Waals surface area (Å²) >= 11 is 7.58. The summed E-state index contributed by atoms with van der Waals surface area (Å²) in [5.74, 6) is 0.973. The molecule has 1 heterocycles. The number of phenols is 1. The molecule has 4 aromatic carbocycles. The van der Waals surface area contributed by atoms with Gasteiger partial charge >= 0.3 is 0 Å². The van der Waals surface area contributed by atoms with Crippen molar-refractivity contribution in [3.8, 4) is 22.1 Å². The van der Waals surface area contributed by atoms with Crippen molar-refractivity contribution in [1.82, 2.24) is 10.2 Å². The minimum absolute atomic E-state index is 0.210. The van der Waals surface area contributed by atoms with E-state index >= 15 is 0 Å². The molecule has 0 saturated carbocycles. The lowest BCUT2D eigenvalue weighted by molar-refractivity contribution is 0.414. The van der Waals surface area contributed by atoms with E-state index in [1.807, 2.05) is 78.9 Å². The highest BCUT2D eigenvalue weighted by molar-refractivity contribution is 7.18. The van der Waals surface area contributed by atoms with E-state index in [0.717, 1.165) is 38.2 Å². The predicted molar refractivity (Wildman–Crippen MR) is 134 cm³/mol. The quantitative estimate of drug-likeness (QED) is 0.280. The van der Waals surface area contributed by atoms with Crippen LogP contribution in [0.15, 0.2) is 84.9 Å². The van der Waals surface area contributed by atoms with E-state index in [1.165, 1.54) is 11.3 Å². The maximum absolute atomic E-state index is 10.9. The van der Waals surface area contributed by atoms with Crippen molar-refractivity contribution in [2.24, 2.45) is 0 Å². The Balaban J connectivity index is 1.59. The zero-order valence-corrected chi connectivity index (χ0v) is 19.3. The van der Waals surface area contributed by atoms with Crippen molar-refractivity contribution in [3.63, 3.8) is 0 Å². The molecule has 5 rings (SSSR count). The van der Waals surface area contributed by atoms with Crippen LogP contribution in [0.25, 0.3) is 21.3 Å². The summed E-state index contributed by atoms with van der Waals surface area (Å²) in [6.07, 6.45) is 0. The molecule has 0 aliphatic heterocycles. The van der Waals surface area contributed by atoms with E-state index in [1.54, 1.807) is 13.2 Å². The molecule has 33 heavy (non-hydrogen) atoms. The third kappa shape index (κ3) is 4.35. The van der Waals surface area contributed by atoms with Crippen LogP contribution in [0.4, 0.5) is 5.13 Å². The van der Waals surface area contributed by atoms with Gasteiger partial charge in [0.15, 0.2) is 0 Å². The van der Waals surface area contributed by atoms with Crippen LogP contribution in [0.5, 0.6) is 11.5 Å². The summed E-state index contributed by atoms with van der Waals surface area (Å²) in [6.45, 7) is 0. The number of fused-ring (bicyclic) bond motifs is 1. The molecular weight excluding hydrogens is 454 g/mol. The Morgan fingerprint density at radius 2 is 1.76 bits per heavy atom. The number of nitrogens with one attached hydrogen (secondary N) is 1. The molecule has 0 aliphatic rings. The van der Waals surface area contributed by atoms with E-state index in [4.69, 9.17) is 16.3 Å². The first-order chi connectivity index (χ1) is 16.1. The van der Waals surface area contributed by atoms with E-state index < -0.39 is 0 Å². The molecule has 1 atom stereocenters. The Hall–Kier alpha value is -3.61. The van der Waals surface area contributed by atoms with Gasteiger partial charge in [-0.3, -0.25) is 0 Å². The van der Waals surface area contributed by atoms with Crippen LogP contribution in [0.3, 0.4) is 0 Å². The molecular formula is C26H20ClN3O2S. The molecule has 0 spiro atoms. The Labute approximate surface area is 200 Å². The number of benzene rings is 4. The van der Waals surface area contributed by atoms with Gasteiger partial charge in [0.2, 0.25) is 5.13 Å². The lowest BCUT2D eigenvalue weighted by atomic mass is 9.93. The maximum atomic E-state index is 10.9. The number of nitrogens with zero attached hydrogens (tertiary/aromatic N) is 2. The number of ether oxygens (including phenoxy) is 1. The molecule has 0 radical (unpaired) electrons. The van der Waals surface area contributed by atoms with Crippen LogP contribution in [-0.4, -0.2) is 22.4 Å². The lowest BCUT2D eigenvalue weighted by Crippen LogP contribution is -2.13. The average molecular weight is 474 g/mol. The summed E-state index contributed by atoms with van der Waals surface area (Å²) in [6, 6.07) is 26.6. The zero-order chi connectivity index (χ0) is 22.8. The molecule has 0 amide bonds. The molecule has 5 aromatic rings. The smallest absolute Gasteiger partial charge is 0.206 e. The fraction of sp³-hybridized carbons (Fsp3) is 0.0769. The Morgan fingerprint density at radius 1 is 0.939 bits per heavy atom. The summed E-state index contributed by atoms with van der Waals surface area (Å²) < 4.78 is 5.33. The lowest BCUT2D eigenvalue weighted by Gasteiger charge is -2.22. The van der Waals surface area contributed by atoms with Gasteiger partial charge in [-0.15, -0.1) is 10.2 Å². The molecule has 7 heteroatoms. The Kier molecular flexibility index (Phi) is 5.86. The largest absolute Gasteiger partial charge is 0.508 e. The number of aromatic nitrogens is 2. The standard InChI is InChI=1S/C26H20ClN3O2S/c1-32-20-12-9-17(10-13-20)24(23-21-8-3-2-5-16(21)11-14-22(23)31)28-26-30-29-25(33-26)18-6-4-7-19(27)15-18/h2-15,24,31H,1H3,(H,28,30). The molecule has 0 aliphatic carbocycles. The SMILES string of the molecule is COc1ccc(C(Nc2nnc(-c3cccc(Cl)c3)s2)c2c(O)ccc3ccccc23)cc1. The van der Waals surface area contributed by atoms with Gasteiger partial charge in [0, 0.05) is 16.1 Å². The molecule has 5 nitrogen and oxygen atoms in total. The highest BCUT2D eigenvalue weighted by Crippen LogP contribution is 2.39. The third-order valence-electron chi connectivity index (χ3n) is 5.45. The molecule has 0 bridgehead atoms. The number of halogens is 1. The van der Waals surface area contributed by atoms with Gasteiger partial charge < -0.3 is 15.2 Å². The van der Waals surface area contributed by atoms with Gasteiger partial charge in [-0.05, 0) is 46.7 Å². The molecule has 1 aromatic heterocycles. The van der Waals surface area contributed by atoms with Crippen LogP contribution in [0, 0.1) is 0 Å². The highest BCUT2D eigenvalue weighted by Gasteiger charge is 2.22. The number of anilines is 1. The first kappa shape index (κ1) is 21.2. The third-order valence-corrected chi connectivity index (χ3v) is 6.59. The Bertz CT molecular complexity index is 1420. The van der Waals surface area contributed by atoms with Gasteiger partial charge in [0.25, 0.3) is 0 Å². The number of phenolic OH excluding ortho intramolecular Hbond substituents is 1. The fourth-order valence-electron chi connectivity index (χ4n) is 3.85. The number of hydrogen-bond acceptors (Lipinski definition) is 6. The predicted octanol–water partition coefficient (Wildman–Crippen LogP) is 6.93. The zero-order valence-electron chi connectivity index (χ0n) is 17.7. The van der Waals surface area contributed by atoms with Crippen LogP contribution >= 0.6 is 22.9 Å². The second kappa shape index (κ2) is 9.10. The summed E-state index contributed by atoms with van der Waals surface area (Å²) in [5, 5.41) is 27.2. The summed E-state index contributed by atoms with van der Waals surface area (Å²) in [4.78, 5) is 0. The van der Waals surface area contributed by atoms with E-state index in [-0.39, 0.29) is 11.8 Å². The van der Waals surface area contributed by atoms with Crippen LogP contribution in [0.2, 0.25) is 5.02 Å². The van der Waals surface area contributed by atoms with Gasteiger partial charge in [0.1, 0.15) is 16.5 Å². The normalized spacial score (nSPS) is 11.9. The molecule has 0 fully saturated rings. The summed E-state index contributed by atoms with van der Waals surface area (Å²) in [7, 11) is 1.64. The monoisotopic (exact) mass is 473 g/mol. The Morgan fingerprint density at radius 3 is 2.55 bits per heavy atom. The van der Waals surface area contributed by atoms with Gasteiger partial charge in [-0.2, -0.15) is 0 Å². The number of hydrogen-bond donors (Lipinski definition) is 2. The minimum atomic E-state index is -0.359. The first-order valence-electron chi connectivity index (χ1n) is 10.3. The highest BCUT2D eigenvalue weighted by atomic mass is 35.5. The van der Waals surface area contributed by atoms with E-state index in [9.17, 15) is 5.11 Å². The van der Waals surface area contributed by atoms with Crippen molar-refractivity contribution >= 4 is 38.8 Å². The molecule has 164 valence electrons. The average Bonchev–Trinajstić information content (AvgIpc) is 3.32. The van der Waals surface area contributed by atoms with Crippen LogP contribution < -0.4 is 10.1 Å². The maximum Gasteiger partial charge on any atom is 0.206 e. The first-order valence-corrected chi connectivity index (χ1v) is 11.5. The molecule has 0 saturated heterocycles. The minimum Gasteiger partial charge on any atom is -0.508 e. The van der Waals surface area contributed by atoms with Gasteiger partial charge in [0.05, 0.1) is 13.2 Å². The topological polar surface area (TPSA) is 67.3 Å². The number of methoxy groups -OCH3 is 1.